The van der Waals surface area contributed by atoms with E-state index in [-0.39, 0.29) is 5.91 Å². The summed E-state index contributed by atoms with van der Waals surface area (Å²) in [6.07, 6.45) is 5.04. The van der Waals surface area contributed by atoms with Gasteiger partial charge in [0.05, 0.1) is 30.2 Å². The Morgan fingerprint density at radius 2 is 1.87 bits per heavy atom. The molecule has 0 bridgehead atoms. The lowest BCUT2D eigenvalue weighted by Gasteiger charge is -2.03. The molecular weight excluding hydrogens is 290 g/mol. The summed E-state index contributed by atoms with van der Waals surface area (Å²) in [7, 11) is 1.81. The number of amides is 1. The molecule has 23 heavy (non-hydrogen) atoms. The Morgan fingerprint density at radius 3 is 2.52 bits per heavy atom. The van der Waals surface area contributed by atoms with Crippen molar-refractivity contribution < 1.29 is 4.79 Å². The maximum absolute atomic E-state index is 12.3. The van der Waals surface area contributed by atoms with Crippen LogP contribution >= 0.6 is 0 Å². The van der Waals surface area contributed by atoms with Gasteiger partial charge in [0, 0.05) is 18.9 Å². The average Bonchev–Trinajstić information content (AvgIpc) is 3.09. The molecule has 3 rings (SSSR count). The standard InChI is InChI=1S/C17H19N5O/c1-12-4-6-14(7-5-12)10-22-11-15(8-19-22)20-17(23)16-9-18-21(3)13(16)2/h4-9,11H,10H2,1-3H3,(H,20,23). The van der Waals surface area contributed by atoms with Crippen molar-refractivity contribution in [3.63, 3.8) is 0 Å². The molecule has 0 aliphatic heterocycles. The molecule has 0 saturated heterocycles. The first-order chi connectivity index (χ1) is 11.0. The van der Waals surface area contributed by atoms with E-state index in [1.165, 1.54) is 11.1 Å². The Balaban J connectivity index is 1.68. The summed E-state index contributed by atoms with van der Waals surface area (Å²) in [6.45, 7) is 4.59. The highest BCUT2D eigenvalue weighted by atomic mass is 16.1. The molecule has 0 radical (unpaired) electrons. The summed E-state index contributed by atoms with van der Waals surface area (Å²) < 4.78 is 3.48. The van der Waals surface area contributed by atoms with Crippen molar-refractivity contribution in [2.75, 3.05) is 5.32 Å². The maximum atomic E-state index is 12.3. The first-order valence-corrected chi connectivity index (χ1v) is 7.41. The zero-order valence-corrected chi connectivity index (χ0v) is 13.4. The summed E-state index contributed by atoms with van der Waals surface area (Å²) in [5.41, 5.74) is 4.47. The Bertz CT molecular complexity index is 829. The van der Waals surface area contributed by atoms with Gasteiger partial charge in [-0.25, -0.2) is 0 Å². The molecule has 1 aromatic carbocycles. The molecule has 1 amide bonds. The summed E-state index contributed by atoms with van der Waals surface area (Å²) >= 11 is 0. The molecule has 0 atom stereocenters. The van der Waals surface area contributed by atoms with Crippen molar-refractivity contribution in [2.45, 2.75) is 20.4 Å². The van der Waals surface area contributed by atoms with Crippen molar-refractivity contribution in [1.82, 2.24) is 19.6 Å². The van der Waals surface area contributed by atoms with Crippen LogP contribution in [0.25, 0.3) is 0 Å². The second-order valence-corrected chi connectivity index (χ2v) is 5.63. The SMILES string of the molecule is Cc1ccc(Cn2cc(NC(=O)c3cnn(C)c3C)cn2)cc1. The summed E-state index contributed by atoms with van der Waals surface area (Å²) in [5.74, 6) is -0.175. The number of benzene rings is 1. The average molecular weight is 309 g/mol. The van der Waals surface area contributed by atoms with Gasteiger partial charge in [-0.3, -0.25) is 14.2 Å². The maximum Gasteiger partial charge on any atom is 0.259 e. The van der Waals surface area contributed by atoms with Gasteiger partial charge in [-0.2, -0.15) is 10.2 Å². The summed E-state index contributed by atoms with van der Waals surface area (Å²) in [5, 5.41) is 11.2. The van der Waals surface area contributed by atoms with E-state index >= 15 is 0 Å². The molecule has 0 spiro atoms. The van der Waals surface area contributed by atoms with E-state index in [2.05, 4.69) is 46.7 Å². The van der Waals surface area contributed by atoms with Crippen molar-refractivity contribution in [1.29, 1.82) is 0 Å². The highest BCUT2D eigenvalue weighted by molar-refractivity contribution is 6.04. The Morgan fingerprint density at radius 1 is 1.13 bits per heavy atom. The fraction of sp³-hybridized carbons (Fsp3) is 0.235. The van der Waals surface area contributed by atoms with Gasteiger partial charge in [-0.15, -0.1) is 0 Å². The largest absolute Gasteiger partial charge is 0.319 e. The van der Waals surface area contributed by atoms with Crippen LogP contribution in [0.4, 0.5) is 5.69 Å². The van der Waals surface area contributed by atoms with Gasteiger partial charge in [-0.05, 0) is 19.4 Å². The lowest BCUT2D eigenvalue weighted by Crippen LogP contribution is -2.12. The van der Waals surface area contributed by atoms with Crippen LogP contribution < -0.4 is 5.32 Å². The molecule has 6 nitrogen and oxygen atoms in total. The van der Waals surface area contributed by atoms with Crippen molar-refractivity contribution in [3.05, 3.63) is 65.2 Å². The fourth-order valence-electron chi connectivity index (χ4n) is 2.32. The molecule has 0 aliphatic carbocycles. The molecule has 2 aromatic heterocycles. The van der Waals surface area contributed by atoms with Crippen molar-refractivity contribution in [3.8, 4) is 0 Å². The normalized spacial score (nSPS) is 10.7. The van der Waals surface area contributed by atoms with Gasteiger partial charge < -0.3 is 5.32 Å². The van der Waals surface area contributed by atoms with E-state index in [0.29, 0.717) is 17.8 Å². The topological polar surface area (TPSA) is 64.7 Å². The smallest absolute Gasteiger partial charge is 0.259 e. The number of hydrogen-bond donors (Lipinski definition) is 1. The monoisotopic (exact) mass is 309 g/mol. The number of hydrogen-bond acceptors (Lipinski definition) is 3. The number of anilines is 1. The Hall–Kier alpha value is -2.89. The lowest BCUT2D eigenvalue weighted by molar-refractivity contribution is 0.102. The zero-order valence-electron chi connectivity index (χ0n) is 13.4. The highest BCUT2D eigenvalue weighted by Crippen LogP contribution is 2.12. The molecule has 6 heteroatoms. The summed E-state index contributed by atoms with van der Waals surface area (Å²) in [6, 6.07) is 8.31. The lowest BCUT2D eigenvalue weighted by atomic mass is 10.1. The Labute approximate surface area is 134 Å². The van der Waals surface area contributed by atoms with Crippen molar-refractivity contribution >= 4 is 11.6 Å². The minimum atomic E-state index is -0.175. The number of carbonyl (C=O) groups is 1. The minimum Gasteiger partial charge on any atom is -0.319 e. The number of aromatic nitrogens is 4. The molecule has 0 unspecified atom stereocenters. The molecule has 0 aliphatic rings. The molecule has 0 saturated carbocycles. The van der Waals surface area contributed by atoms with Gasteiger partial charge in [0.2, 0.25) is 0 Å². The predicted octanol–water partition coefficient (Wildman–Crippen LogP) is 2.53. The van der Waals surface area contributed by atoms with Gasteiger partial charge >= 0.3 is 0 Å². The van der Waals surface area contributed by atoms with E-state index in [1.807, 2.05) is 20.2 Å². The molecule has 0 fully saturated rings. The van der Waals surface area contributed by atoms with Gasteiger partial charge in [0.1, 0.15) is 0 Å². The molecule has 2 heterocycles. The first kappa shape index (κ1) is 15.0. The van der Waals surface area contributed by atoms with E-state index < -0.39 is 0 Å². The molecule has 1 N–H and O–H groups in total. The molecule has 118 valence electrons. The number of carbonyl (C=O) groups excluding carboxylic acids is 1. The van der Waals surface area contributed by atoms with Crippen LogP contribution in [0, 0.1) is 13.8 Å². The van der Waals surface area contributed by atoms with Gasteiger partial charge in [0.15, 0.2) is 0 Å². The van der Waals surface area contributed by atoms with Crippen LogP contribution in [0.15, 0.2) is 42.9 Å². The molecule has 3 aromatic rings. The van der Waals surface area contributed by atoms with E-state index in [0.717, 1.165) is 5.69 Å². The van der Waals surface area contributed by atoms with Crippen LogP contribution in [-0.2, 0) is 13.6 Å². The van der Waals surface area contributed by atoms with E-state index in [1.54, 1.807) is 21.8 Å². The third kappa shape index (κ3) is 3.31. The van der Waals surface area contributed by atoms with E-state index in [4.69, 9.17) is 0 Å². The first-order valence-electron chi connectivity index (χ1n) is 7.41. The third-order valence-corrected chi connectivity index (χ3v) is 3.84. The van der Waals surface area contributed by atoms with Gasteiger partial charge in [-0.1, -0.05) is 29.8 Å². The second kappa shape index (κ2) is 6.08. The van der Waals surface area contributed by atoms with Crippen LogP contribution in [0.2, 0.25) is 0 Å². The van der Waals surface area contributed by atoms with Crippen LogP contribution in [0.3, 0.4) is 0 Å². The highest BCUT2D eigenvalue weighted by Gasteiger charge is 2.13. The van der Waals surface area contributed by atoms with Crippen LogP contribution in [0.5, 0.6) is 0 Å². The summed E-state index contributed by atoms with van der Waals surface area (Å²) in [4.78, 5) is 12.3. The zero-order chi connectivity index (χ0) is 16.4. The molecular formula is C17H19N5O. The number of rotatable bonds is 4. The number of aryl methyl sites for hydroxylation is 2. The number of nitrogens with one attached hydrogen (secondary N) is 1. The minimum absolute atomic E-state index is 0.175. The fourth-order valence-corrected chi connectivity index (χ4v) is 2.32. The van der Waals surface area contributed by atoms with Crippen molar-refractivity contribution in [2.24, 2.45) is 7.05 Å². The predicted molar refractivity (Wildman–Crippen MR) is 88.4 cm³/mol. The second-order valence-electron chi connectivity index (χ2n) is 5.63. The van der Waals surface area contributed by atoms with Crippen LogP contribution in [-0.4, -0.2) is 25.5 Å². The number of nitrogens with zero attached hydrogens (tertiary/aromatic N) is 4. The Kier molecular flexibility index (Phi) is 3.97. The van der Waals surface area contributed by atoms with Gasteiger partial charge in [0.25, 0.3) is 5.91 Å². The van der Waals surface area contributed by atoms with Crippen LogP contribution in [0.1, 0.15) is 27.2 Å². The van der Waals surface area contributed by atoms with E-state index in [9.17, 15) is 4.79 Å². The quantitative estimate of drug-likeness (QED) is 0.805. The third-order valence-electron chi connectivity index (χ3n) is 3.84.